The number of carboxylic acid groups (broad SMARTS) is 1. The molecular weight excluding hydrogens is 292 g/mol. The van der Waals surface area contributed by atoms with Crippen molar-refractivity contribution in [3.8, 4) is 5.88 Å². The van der Waals surface area contributed by atoms with E-state index in [9.17, 15) is 20.0 Å². The highest BCUT2D eigenvalue weighted by Crippen LogP contribution is 2.31. The van der Waals surface area contributed by atoms with E-state index in [4.69, 9.17) is 4.74 Å². The molecule has 22 heavy (non-hydrogen) atoms. The Morgan fingerprint density at radius 1 is 1.41 bits per heavy atom. The Morgan fingerprint density at radius 3 is 2.45 bits per heavy atom. The first-order valence-corrected chi connectivity index (χ1v) is 6.80. The Hall–Kier alpha value is -2.58. The van der Waals surface area contributed by atoms with Gasteiger partial charge in [-0.15, -0.1) is 0 Å². The van der Waals surface area contributed by atoms with Gasteiger partial charge in [0.05, 0.1) is 24.1 Å². The summed E-state index contributed by atoms with van der Waals surface area (Å²) in [6.45, 7) is 4.20. The van der Waals surface area contributed by atoms with Crippen LogP contribution in [-0.4, -0.2) is 58.3 Å². The Balaban J connectivity index is 2.36. The Kier molecular flexibility index (Phi) is 4.34. The summed E-state index contributed by atoms with van der Waals surface area (Å²) in [7, 11) is 1.44. The molecule has 1 saturated heterocycles. The van der Waals surface area contributed by atoms with E-state index in [0.29, 0.717) is 13.1 Å². The highest BCUT2D eigenvalue weighted by molar-refractivity contribution is 5.67. The fraction of sp³-hybridized carbons (Fsp3) is 0.538. The van der Waals surface area contributed by atoms with Crippen LogP contribution in [0.4, 0.5) is 16.3 Å². The van der Waals surface area contributed by atoms with E-state index in [1.807, 2.05) is 0 Å². The zero-order chi connectivity index (χ0) is 16.4. The molecule has 1 N–H and O–H groups in total. The number of piperazine rings is 1. The average Bonchev–Trinajstić information content (AvgIpc) is 2.45. The Labute approximate surface area is 127 Å². The summed E-state index contributed by atoms with van der Waals surface area (Å²) in [6.07, 6.45) is -0.993. The van der Waals surface area contributed by atoms with Gasteiger partial charge in [-0.2, -0.15) is 4.98 Å². The molecule has 2 atom stereocenters. The maximum absolute atomic E-state index is 11.3. The number of hydrogen-bond donors (Lipinski definition) is 1. The number of nitro groups is 1. The molecular formula is C13H18N4O5. The highest BCUT2D eigenvalue weighted by Gasteiger charge is 2.35. The number of pyridine rings is 1. The summed E-state index contributed by atoms with van der Waals surface area (Å²) in [5.41, 5.74) is -0.121. The predicted octanol–water partition coefficient (Wildman–Crippen LogP) is 1.58. The van der Waals surface area contributed by atoms with Gasteiger partial charge in [0.1, 0.15) is 0 Å². The molecule has 1 fully saturated rings. The largest absolute Gasteiger partial charge is 0.481 e. The molecule has 1 amide bonds. The highest BCUT2D eigenvalue weighted by atomic mass is 16.6. The van der Waals surface area contributed by atoms with Gasteiger partial charge in [0.15, 0.2) is 0 Å². The molecule has 0 radical (unpaired) electrons. The number of carbonyl (C=O) groups is 1. The molecule has 2 rings (SSSR count). The number of amides is 1. The molecule has 2 heterocycles. The summed E-state index contributed by atoms with van der Waals surface area (Å²) in [5, 5.41) is 20.4. The van der Waals surface area contributed by atoms with Crippen LogP contribution in [0.2, 0.25) is 0 Å². The van der Waals surface area contributed by atoms with E-state index in [0.717, 1.165) is 0 Å². The number of rotatable bonds is 3. The number of hydrogen-bond acceptors (Lipinski definition) is 6. The SMILES string of the molecule is COc1ccc([N+](=O)[O-])c(N2C[C@@H](C)N(C(=O)O)[C@H](C)C2)n1. The van der Waals surface area contributed by atoms with Gasteiger partial charge in [0, 0.05) is 25.2 Å². The van der Waals surface area contributed by atoms with Crippen molar-refractivity contribution in [2.45, 2.75) is 25.9 Å². The molecule has 9 heteroatoms. The lowest BCUT2D eigenvalue weighted by molar-refractivity contribution is -0.384. The van der Waals surface area contributed by atoms with E-state index in [2.05, 4.69) is 4.98 Å². The minimum absolute atomic E-state index is 0.121. The van der Waals surface area contributed by atoms with Crippen LogP contribution in [0.5, 0.6) is 5.88 Å². The van der Waals surface area contributed by atoms with Gasteiger partial charge in [-0.1, -0.05) is 0 Å². The minimum Gasteiger partial charge on any atom is -0.481 e. The Bertz CT molecular complexity index is 582. The number of methoxy groups -OCH3 is 1. The van der Waals surface area contributed by atoms with Crippen LogP contribution in [0.15, 0.2) is 12.1 Å². The van der Waals surface area contributed by atoms with Crippen LogP contribution in [0, 0.1) is 10.1 Å². The zero-order valence-corrected chi connectivity index (χ0v) is 12.6. The molecule has 0 aliphatic carbocycles. The maximum atomic E-state index is 11.3. The van der Waals surface area contributed by atoms with Gasteiger partial charge in [-0.3, -0.25) is 15.0 Å². The quantitative estimate of drug-likeness (QED) is 0.666. The molecule has 0 aromatic carbocycles. The fourth-order valence-electron chi connectivity index (χ4n) is 2.79. The second-order valence-corrected chi connectivity index (χ2v) is 5.25. The van der Waals surface area contributed by atoms with E-state index in [-0.39, 0.29) is 29.5 Å². The summed E-state index contributed by atoms with van der Waals surface area (Å²) in [6, 6.07) is 2.19. The number of anilines is 1. The molecule has 1 aromatic rings. The van der Waals surface area contributed by atoms with Crippen molar-refractivity contribution in [1.29, 1.82) is 0 Å². The number of aromatic nitrogens is 1. The van der Waals surface area contributed by atoms with Crippen molar-refractivity contribution in [3.63, 3.8) is 0 Å². The second kappa shape index (κ2) is 6.04. The van der Waals surface area contributed by atoms with Crippen molar-refractivity contribution >= 4 is 17.6 Å². The normalized spacial score (nSPS) is 21.6. The summed E-state index contributed by atoms with van der Waals surface area (Å²) >= 11 is 0. The lowest BCUT2D eigenvalue weighted by Gasteiger charge is -2.43. The third-order valence-electron chi connectivity index (χ3n) is 3.67. The molecule has 1 aliphatic heterocycles. The van der Waals surface area contributed by atoms with Gasteiger partial charge in [-0.25, -0.2) is 4.79 Å². The maximum Gasteiger partial charge on any atom is 0.407 e. The summed E-state index contributed by atoms with van der Waals surface area (Å²) in [4.78, 5) is 29.2. The Morgan fingerprint density at radius 2 is 2.00 bits per heavy atom. The van der Waals surface area contributed by atoms with E-state index >= 15 is 0 Å². The molecule has 0 spiro atoms. The van der Waals surface area contributed by atoms with Crippen molar-refractivity contribution < 1.29 is 19.6 Å². The van der Waals surface area contributed by atoms with Crippen LogP contribution in [-0.2, 0) is 0 Å². The van der Waals surface area contributed by atoms with Crippen molar-refractivity contribution in [1.82, 2.24) is 9.88 Å². The van der Waals surface area contributed by atoms with Crippen LogP contribution in [0.3, 0.4) is 0 Å². The minimum atomic E-state index is -0.993. The van der Waals surface area contributed by atoms with Gasteiger partial charge >= 0.3 is 11.8 Å². The van der Waals surface area contributed by atoms with Crippen LogP contribution in [0.25, 0.3) is 0 Å². The summed E-state index contributed by atoms with van der Waals surface area (Å²) < 4.78 is 5.03. The van der Waals surface area contributed by atoms with E-state index < -0.39 is 11.0 Å². The standard InChI is InChI=1S/C13H18N4O5/c1-8-6-15(7-9(2)16(8)13(18)19)12-10(17(20)21)4-5-11(14-12)22-3/h4-5,8-9H,6-7H2,1-3H3,(H,18,19)/t8-,9-/m1/s1. The molecule has 1 aliphatic rings. The molecule has 9 nitrogen and oxygen atoms in total. The first-order chi connectivity index (χ1) is 10.3. The fourth-order valence-corrected chi connectivity index (χ4v) is 2.79. The number of nitrogens with zero attached hydrogens (tertiary/aromatic N) is 4. The monoisotopic (exact) mass is 310 g/mol. The third kappa shape index (κ3) is 2.87. The topological polar surface area (TPSA) is 109 Å². The molecule has 1 aromatic heterocycles. The molecule has 0 bridgehead atoms. The number of ether oxygens (including phenoxy) is 1. The molecule has 120 valence electrons. The third-order valence-corrected chi connectivity index (χ3v) is 3.67. The lowest BCUT2D eigenvalue weighted by Crippen LogP contribution is -2.58. The van der Waals surface area contributed by atoms with E-state index in [1.54, 1.807) is 18.7 Å². The van der Waals surface area contributed by atoms with Gasteiger partial charge in [-0.05, 0) is 13.8 Å². The van der Waals surface area contributed by atoms with Gasteiger partial charge in [0.2, 0.25) is 11.7 Å². The van der Waals surface area contributed by atoms with Gasteiger partial charge < -0.3 is 14.7 Å². The smallest absolute Gasteiger partial charge is 0.407 e. The van der Waals surface area contributed by atoms with Gasteiger partial charge in [0.25, 0.3) is 0 Å². The predicted molar refractivity (Wildman–Crippen MR) is 78.4 cm³/mol. The second-order valence-electron chi connectivity index (χ2n) is 5.25. The first-order valence-electron chi connectivity index (χ1n) is 6.80. The van der Waals surface area contributed by atoms with Crippen LogP contribution >= 0.6 is 0 Å². The molecule has 0 unspecified atom stereocenters. The van der Waals surface area contributed by atoms with Crippen LogP contribution < -0.4 is 9.64 Å². The van der Waals surface area contributed by atoms with Crippen molar-refractivity contribution in [3.05, 3.63) is 22.2 Å². The average molecular weight is 310 g/mol. The lowest BCUT2D eigenvalue weighted by atomic mass is 10.1. The van der Waals surface area contributed by atoms with Crippen molar-refractivity contribution in [2.24, 2.45) is 0 Å². The first kappa shape index (κ1) is 15.8. The van der Waals surface area contributed by atoms with Crippen molar-refractivity contribution in [2.75, 3.05) is 25.1 Å². The summed E-state index contributed by atoms with van der Waals surface area (Å²) in [5.74, 6) is 0.481. The van der Waals surface area contributed by atoms with E-state index in [1.165, 1.54) is 24.1 Å². The molecule has 0 saturated carbocycles. The van der Waals surface area contributed by atoms with Crippen LogP contribution in [0.1, 0.15) is 13.8 Å². The zero-order valence-electron chi connectivity index (χ0n) is 12.6.